The second-order valence-corrected chi connectivity index (χ2v) is 6.19. The third-order valence-electron chi connectivity index (χ3n) is 2.89. The van der Waals surface area contributed by atoms with E-state index in [4.69, 9.17) is 0 Å². The number of nitrogens with zero attached hydrogens (tertiary/aromatic N) is 1. The summed E-state index contributed by atoms with van der Waals surface area (Å²) in [4.78, 5) is 4.56. The van der Waals surface area contributed by atoms with Crippen LogP contribution in [0.25, 0.3) is 10.9 Å². The Labute approximate surface area is 115 Å². The van der Waals surface area contributed by atoms with E-state index in [0.29, 0.717) is 9.99 Å². The summed E-state index contributed by atoms with van der Waals surface area (Å²) in [6.45, 7) is 6.28. The third kappa shape index (κ3) is 2.34. The first-order valence-electron chi connectivity index (χ1n) is 5.81. The van der Waals surface area contributed by atoms with Crippen molar-refractivity contribution in [2.45, 2.75) is 26.2 Å². The summed E-state index contributed by atoms with van der Waals surface area (Å²) in [5, 5.41) is 4.06. The predicted molar refractivity (Wildman–Crippen MR) is 77.6 cm³/mol. The van der Waals surface area contributed by atoms with Crippen LogP contribution in [-0.2, 0) is 5.41 Å². The van der Waals surface area contributed by atoms with Crippen LogP contribution in [-0.4, -0.2) is 12.0 Å². The number of fused-ring (bicyclic) bond motifs is 1. The highest BCUT2D eigenvalue weighted by Crippen LogP contribution is 2.31. The quantitative estimate of drug-likeness (QED) is 0.840. The molecule has 1 heterocycles. The largest absolute Gasteiger partial charge is 0.388 e. The monoisotopic (exact) mass is 310 g/mol. The summed E-state index contributed by atoms with van der Waals surface area (Å²) in [5.41, 5.74) is 2.52. The first-order valence-corrected chi connectivity index (χ1v) is 6.60. The van der Waals surface area contributed by atoms with Gasteiger partial charge < -0.3 is 5.32 Å². The Hall–Kier alpha value is -1.16. The van der Waals surface area contributed by atoms with Crippen LogP contribution in [0.2, 0.25) is 0 Å². The van der Waals surface area contributed by atoms with Crippen LogP contribution in [0, 0.1) is 5.82 Å². The number of nitrogens with one attached hydrogen (secondary N) is 1. The van der Waals surface area contributed by atoms with Gasteiger partial charge in [0.15, 0.2) is 0 Å². The number of hydrogen-bond acceptors (Lipinski definition) is 2. The van der Waals surface area contributed by atoms with Gasteiger partial charge in [0.05, 0.1) is 9.99 Å². The van der Waals surface area contributed by atoms with Crippen molar-refractivity contribution in [1.29, 1.82) is 0 Å². The Morgan fingerprint density at radius 1 is 1.22 bits per heavy atom. The standard InChI is InChI=1S/C14H16BrFN2/c1-14(2,3)13-7-11(17-4)8-5-9(15)10(16)6-12(8)18-13/h5-7H,1-4H3,(H,17,18). The lowest BCUT2D eigenvalue weighted by Crippen LogP contribution is -2.14. The maximum Gasteiger partial charge on any atom is 0.139 e. The summed E-state index contributed by atoms with van der Waals surface area (Å²) in [7, 11) is 1.86. The molecule has 1 N–H and O–H groups in total. The zero-order valence-electron chi connectivity index (χ0n) is 10.9. The van der Waals surface area contributed by atoms with Crippen molar-refractivity contribution >= 4 is 32.5 Å². The first kappa shape index (κ1) is 13.3. The maximum absolute atomic E-state index is 13.6. The fourth-order valence-corrected chi connectivity index (χ4v) is 2.16. The molecular weight excluding hydrogens is 295 g/mol. The van der Waals surface area contributed by atoms with Crippen LogP contribution in [0.15, 0.2) is 22.7 Å². The number of pyridine rings is 1. The van der Waals surface area contributed by atoms with Crippen molar-refractivity contribution in [2.75, 3.05) is 12.4 Å². The Morgan fingerprint density at radius 2 is 1.89 bits per heavy atom. The molecule has 2 nitrogen and oxygen atoms in total. The number of rotatable bonds is 1. The topological polar surface area (TPSA) is 24.9 Å². The van der Waals surface area contributed by atoms with Crippen LogP contribution in [0.3, 0.4) is 0 Å². The molecule has 0 atom stereocenters. The molecule has 0 saturated carbocycles. The summed E-state index contributed by atoms with van der Waals surface area (Å²) in [6.07, 6.45) is 0. The normalized spacial score (nSPS) is 11.9. The molecule has 0 saturated heterocycles. The van der Waals surface area contributed by atoms with Gasteiger partial charge in [0.25, 0.3) is 0 Å². The first-order chi connectivity index (χ1) is 8.32. The molecule has 0 amide bonds. The Kier molecular flexibility index (Phi) is 3.32. The fraction of sp³-hybridized carbons (Fsp3) is 0.357. The van der Waals surface area contributed by atoms with E-state index < -0.39 is 0 Å². The van der Waals surface area contributed by atoms with E-state index in [-0.39, 0.29) is 11.2 Å². The lowest BCUT2D eigenvalue weighted by Gasteiger charge is -2.20. The van der Waals surface area contributed by atoms with Gasteiger partial charge in [-0.1, -0.05) is 20.8 Å². The molecule has 2 aromatic rings. The van der Waals surface area contributed by atoms with Crippen LogP contribution >= 0.6 is 15.9 Å². The molecule has 0 bridgehead atoms. The molecule has 0 aliphatic rings. The van der Waals surface area contributed by atoms with Gasteiger partial charge in [0.1, 0.15) is 5.82 Å². The predicted octanol–water partition coefficient (Wildman–Crippen LogP) is 4.48. The van der Waals surface area contributed by atoms with Crippen molar-refractivity contribution in [3.63, 3.8) is 0 Å². The van der Waals surface area contributed by atoms with Gasteiger partial charge in [-0.05, 0) is 28.1 Å². The highest BCUT2D eigenvalue weighted by atomic mass is 79.9. The van der Waals surface area contributed by atoms with Gasteiger partial charge in [0, 0.05) is 35.3 Å². The van der Waals surface area contributed by atoms with Crippen molar-refractivity contribution in [3.8, 4) is 0 Å². The van der Waals surface area contributed by atoms with E-state index in [1.165, 1.54) is 6.07 Å². The van der Waals surface area contributed by atoms with Gasteiger partial charge in [-0.25, -0.2) is 4.39 Å². The van der Waals surface area contributed by atoms with Gasteiger partial charge in [-0.3, -0.25) is 4.98 Å². The smallest absolute Gasteiger partial charge is 0.139 e. The SMILES string of the molecule is CNc1cc(C(C)(C)C)nc2cc(F)c(Br)cc12. The molecule has 0 unspecified atom stereocenters. The average Bonchev–Trinajstić information content (AvgIpc) is 2.28. The van der Waals surface area contributed by atoms with E-state index in [0.717, 1.165) is 16.8 Å². The number of aromatic nitrogens is 1. The molecule has 1 aromatic heterocycles. The molecule has 0 spiro atoms. The number of benzene rings is 1. The Bertz CT molecular complexity index is 603. The second-order valence-electron chi connectivity index (χ2n) is 5.34. The molecule has 0 aliphatic carbocycles. The molecule has 2 rings (SSSR count). The van der Waals surface area contributed by atoms with Crippen LogP contribution in [0.5, 0.6) is 0 Å². The number of hydrogen-bond donors (Lipinski definition) is 1. The van der Waals surface area contributed by atoms with Gasteiger partial charge in [0.2, 0.25) is 0 Å². The van der Waals surface area contributed by atoms with E-state index >= 15 is 0 Å². The molecule has 96 valence electrons. The lowest BCUT2D eigenvalue weighted by atomic mass is 9.91. The summed E-state index contributed by atoms with van der Waals surface area (Å²) >= 11 is 3.21. The van der Waals surface area contributed by atoms with Crippen molar-refractivity contribution < 1.29 is 4.39 Å². The second kappa shape index (κ2) is 4.50. The minimum absolute atomic E-state index is 0.0661. The Balaban J connectivity index is 2.80. The molecule has 0 radical (unpaired) electrons. The van der Waals surface area contributed by atoms with Crippen LogP contribution < -0.4 is 5.32 Å². The zero-order valence-corrected chi connectivity index (χ0v) is 12.5. The Morgan fingerprint density at radius 3 is 2.44 bits per heavy atom. The van der Waals surface area contributed by atoms with Crippen molar-refractivity contribution in [2.24, 2.45) is 0 Å². The van der Waals surface area contributed by atoms with E-state index in [1.807, 2.05) is 13.1 Å². The molecule has 0 aliphatic heterocycles. The number of anilines is 1. The van der Waals surface area contributed by atoms with Crippen molar-refractivity contribution in [3.05, 3.63) is 34.2 Å². The third-order valence-corrected chi connectivity index (χ3v) is 3.50. The molecule has 0 fully saturated rings. The minimum Gasteiger partial charge on any atom is -0.388 e. The van der Waals surface area contributed by atoms with Gasteiger partial charge in [-0.2, -0.15) is 0 Å². The molecule has 1 aromatic carbocycles. The fourth-order valence-electron chi connectivity index (χ4n) is 1.81. The highest BCUT2D eigenvalue weighted by Gasteiger charge is 2.18. The van der Waals surface area contributed by atoms with E-state index in [1.54, 1.807) is 6.07 Å². The van der Waals surface area contributed by atoms with E-state index in [9.17, 15) is 4.39 Å². The maximum atomic E-state index is 13.6. The van der Waals surface area contributed by atoms with E-state index in [2.05, 4.69) is 47.0 Å². The minimum atomic E-state index is -0.289. The summed E-state index contributed by atoms with van der Waals surface area (Å²) < 4.78 is 14.1. The summed E-state index contributed by atoms with van der Waals surface area (Å²) in [5.74, 6) is -0.289. The number of halogens is 2. The lowest BCUT2D eigenvalue weighted by molar-refractivity contribution is 0.571. The molecular formula is C14H16BrFN2. The van der Waals surface area contributed by atoms with Crippen LogP contribution in [0.4, 0.5) is 10.1 Å². The molecule has 18 heavy (non-hydrogen) atoms. The van der Waals surface area contributed by atoms with Gasteiger partial charge >= 0.3 is 0 Å². The molecule has 4 heteroatoms. The van der Waals surface area contributed by atoms with Crippen LogP contribution in [0.1, 0.15) is 26.5 Å². The average molecular weight is 311 g/mol. The zero-order chi connectivity index (χ0) is 13.5. The highest BCUT2D eigenvalue weighted by molar-refractivity contribution is 9.10. The van der Waals surface area contributed by atoms with Gasteiger partial charge in [-0.15, -0.1) is 0 Å². The summed E-state index contributed by atoms with van der Waals surface area (Å²) in [6, 6.07) is 5.25. The van der Waals surface area contributed by atoms with Crippen molar-refractivity contribution in [1.82, 2.24) is 4.98 Å².